The number of benzene rings is 2. The van der Waals surface area contributed by atoms with Crippen molar-refractivity contribution in [2.45, 2.75) is 32.4 Å². The minimum Gasteiger partial charge on any atom is -0.493 e. The summed E-state index contributed by atoms with van der Waals surface area (Å²) < 4.78 is 11.4. The van der Waals surface area contributed by atoms with E-state index in [0.29, 0.717) is 18.1 Å². The lowest BCUT2D eigenvalue weighted by Gasteiger charge is -2.24. The quantitative estimate of drug-likeness (QED) is 0.735. The number of hydrogen-bond acceptors (Lipinski definition) is 4. The number of carbonyl (C=O) groups is 1. The van der Waals surface area contributed by atoms with Gasteiger partial charge in [-0.3, -0.25) is 4.79 Å². The second kappa shape index (κ2) is 10.9. The van der Waals surface area contributed by atoms with Crippen LogP contribution in [0.5, 0.6) is 11.5 Å². The van der Waals surface area contributed by atoms with Crippen molar-refractivity contribution < 1.29 is 14.3 Å². The minimum absolute atomic E-state index is 0. The van der Waals surface area contributed by atoms with Crippen LogP contribution in [0.25, 0.3) is 0 Å². The van der Waals surface area contributed by atoms with E-state index in [1.165, 1.54) is 0 Å². The van der Waals surface area contributed by atoms with E-state index in [-0.39, 0.29) is 30.3 Å². The number of amides is 1. The van der Waals surface area contributed by atoms with Crippen LogP contribution in [0.3, 0.4) is 0 Å². The highest BCUT2D eigenvalue weighted by atomic mass is 35.5. The molecule has 2 aromatic rings. The minimum atomic E-state index is -0.0866. The molecular formula is C22H29ClN2O3. The summed E-state index contributed by atoms with van der Waals surface area (Å²) in [5.41, 5.74) is 2.10. The van der Waals surface area contributed by atoms with Gasteiger partial charge in [0.25, 0.3) is 0 Å². The van der Waals surface area contributed by atoms with Crippen molar-refractivity contribution in [3.63, 3.8) is 0 Å². The number of halogens is 1. The fourth-order valence-corrected chi connectivity index (χ4v) is 3.30. The summed E-state index contributed by atoms with van der Waals surface area (Å²) in [5, 5.41) is 6.40. The normalized spacial score (nSPS) is 17.1. The molecule has 1 amide bonds. The van der Waals surface area contributed by atoms with E-state index >= 15 is 0 Å². The second-order valence-electron chi connectivity index (χ2n) is 6.96. The second-order valence-corrected chi connectivity index (χ2v) is 6.96. The van der Waals surface area contributed by atoms with Gasteiger partial charge in [-0.05, 0) is 49.6 Å². The first-order valence-corrected chi connectivity index (χ1v) is 9.53. The van der Waals surface area contributed by atoms with Crippen molar-refractivity contribution >= 4 is 18.3 Å². The molecule has 0 bridgehead atoms. The molecule has 3 rings (SSSR count). The smallest absolute Gasteiger partial charge is 0.224 e. The molecule has 0 radical (unpaired) electrons. The molecule has 152 valence electrons. The Kier molecular flexibility index (Phi) is 8.61. The number of hydrogen-bond donors (Lipinski definition) is 2. The van der Waals surface area contributed by atoms with Crippen LogP contribution in [0.4, 0.5) is 0 Å². The Bertz CT molecular complexity index is 749. The molecule has 2 unspecified atom stereocenters. The highest BCUT2D eigenvalue weighted by Crippen LogP contribution is 2.31. The fraction of sp³-hybridized carbons (Fsp3) is 0.409. The molecule has 2 N–H and O–H groups in total. The Morgan fingerprint density at radius 2 is 2.00 bits per heavy atom. The van der Waals surface area contributed by atoms with E-state index in [0.717, 1.165) is 37.1 Å². The van der Waals surface area contributed by atoms with Crippen LogP contribution in [0.2, 0.25) is 0 Å². The first-order chi connectivity index (χ1) is 13.2. The topological polar surface area (TPSA) is 59.6 Å². The van der Waals surface area contributed by atoms with Crippen molar-refractivity contribution in [1.29, 1.82) is 0 Å². The Labute approximate surface area is 173 Å². The predicted molar refractivity (Wildman–Crippen MR) is 113 cm³/mol. The molecule has 0 saturated carbocycles. The summed E-state index contributed by atoms with van der Waals surface area (Å²) in [7, 11) is 1.63. The highest BCUT2D eigenvalue weighted by Gasteiger charge is 2.22. The zero-order valence-corrected chi connectivity index (χ0v) is 17.3. The van der Waals surface area contributed by atoms with Gasteiger partial charge in [-0.1, -0.05) is 36.4 Å². The van der Waals surface area contributed by atoms with Gasteiger partial charge in [0.1, 0.15) is 6.61 Å². The molecule has 5 nitrogen and oxygen atoms in total. The van der Waals surface area contributed by atoms with E-state index in [4.69, 9.17) is 9.47 Å². The number of piperidine rings is 1. The van der Waals surface area contributed by atoms with Crippen LogP contribution in [0.15, 0.2) is 48.5 Å². The standard InChI is InChI=1S/C22H28N2O3.ClH/c1-16(24-22(25)19-9-6-12-23-14-19)18-10-11-20(21(13-18)26-2)27-15-17-7-4-3-5-8-17;/h3-5,7-8,10-11,13,16,19,23H,6,9,12,14-15H2,1-2H3,(H,24,25);1H. The van der Waals surface area contributed by atoms with Gasteiger partial charge in [0, 0.05) is 6.54 Å². The average Bonchev–Trinajstić information content (AvgIpc) is 2.73. The molecule has 0 spiro atoms. The summed E-state index contributed by atoms with van der Waals surface area (Å²) in [5.74, 6) is 1.53. The third-order valence-electron chi connectivity index (χ3n) is 4.95. The van der Waals surface area contributed by atoms with E-state index in [2.05, 4.69) is 10.6 Å². The summed E-state index contributed by atoms with van der Waals surface area (Å²) in [6.07, 6.45) is 1.99. The Morgan fingerprint density at radius 3 is 2.68 bits per heavy atom. The Hall–Kier alpha value is -2.24. The maximum atomic E-state index is 12.5. The third kappa shape index (κ3) is 5.88. The van der Waals surface area contributed by atoms with E-state index < -0.39 is 0 Å². The molecule has 1 aliphatic rings. The van der Waals surface area contributed by atoms with E-state index in [1.54, 1.807) is 7.11 Å². The summed E-state index contributed by atoms with van der Waals surface area (Å²) in [6, 6.07) is 15.8. The largest absolute Gasteiger partial charge is 0.493 e. The number of ether oxygens (including phenoxy) is 2. The molecule has 2 aromatic carbocycles. The maximum absolute atomic E-state index is 12.5. The third-order valence-corrected chi connectivity index (χ3v) is 4.95. The van der Waals surface area contributed by atoms with Gasteiger partial charge < -0.3 is 20.1 Å². The molecule has 1 saturated heterocycles. The lowest BCUT2D eigenvalue weighted by molar-refractivity contribution is -0.126. The van der Waals surface area contributed by atoms with Crippen LogP contribution in [-0.4, -0.2) is 26.1 Å². The summed E-state index contributed by atoms with van der Waals surface area (Å²) in [4.78, 5) is 12.5. The fourth-order valence-electron chi connectivity index (χ4n) is 3.30. The molecule has 1 aliphatic heterocycles. The molecule has 6 heteroatoms. The lowest BCUT2D eigenvalue weighted by atomic mass is 9.98. The van der Waals surface area contributed by atoms with E-state index in [9.17, 15) is 4.79 Å². The van der Waals surface area contributed by atoms with E-state index in [1.807, 2.05) is 55.5 Å². The average molecular weight is 405 g/mol. The van der Waals surface area contributed by atoms with Crippen LogP contribution < -0.4 is 20.1 Å². The molecule has 1 fully saturated rings. The summed E-state index contributed by atoms with van der Waals surface area (Å²) >= 11 is 0. The molecule has 28 heavy (non-hydrogen) atoms. The van der Waals surface area contributed by atoms with Crippen molar-refractivity contribution in [2.75, 3.05) is 20.2 Å². The van der Waals surface area contributed by atoms with Gasteiger partial charge in [-0.2, -0.15) is 0 Å². The number of nitrogens with one attached hydrogen (secondary N) is 2. The first kappa shape index (κ1) is 22.1. The van der Waals surface area contributed by atoms with Gasteiger partial charge in [0.15, 0.2) is 11.5 Å². The highest BCUT2D eigenvalue weighted by molar-refractivity contribution is 5.85. The van der Waals surface area contributed by atoms with Gasteiger partial charge in [-0.25, -0.2) is 0 Å². The number of methoxy groups -OCH3 is 1. The number of rotatable bonds is 7. The maximum Gasteiger partial charge on any atom is 0.224 e. The zero-order chi connectivity index (χ0) is 19.1. The van der Waals surface area contributed by atoms with Crippen molar-refractivity contribution in [3.8, 4) is 11.5 Å². The molecule has 0 aromatic heterocycles. The van der Waals surface area contributed by atoms with Crippen LogP contribution in [-0.2, 0) is 11.4 Å². The Balaban J connectivity index is 0.00000280. The number of carbonyl (C=O) groups excluding carboxylic acids is 1. The lowest BCUT2D eigenvalue weighted by Crippen LogP contribution is -2.41. The SMILES string of the molecule is COc1cc(C(C)NC(=O)C2CCCNC2)ccc1OCc1ccccc1.Cl. The predicted octanol–water partition coefficient (Wildman–Crippen LogP) is 3.87. The summed E-state index contributed by atoms with van der Waals surface area (Å²) in [6.45, 7) is 4.24. The van der Waals surface area contributed by atoms with Crippen LogP contribution in [0, 0.1) is 5.92 Å². The van der Waals surface area contributed by atoms with Crippen LogP contribution >= 0.6 is 12.4 Å². The molecule has 1 heterocycles. The molecular weight excluding hydrogens is 376 g/mol. The van der Waals surface area contributed by atoms with Gasteiger partial charge in [0.2, 0.25) is 5.91 Å². The van der Waals surface area contributed by atoms with Crippen molar-refractivity contribution in [2.24, 2.45) is 5.92 Å². The monoisotopic (exact) mass is 404 g/mol. The zero-order valence-electron chi connectivity index (χ0n) is 16.4. The Morgan fingerprint density at radius 1 is 1.21 bits per heavy atom. The first-order valence-electron chi connectivity index (χ1n) is 9.53. The van der Waals surface area contributed by atoms with Gasteiger partial charge in [-0.15, -0.1) is 12.4 Å². The van der Waals surface area contributed by atoms with Crippen LogP contribution in [0.1, 0.15) is 36.9 Å². The van der Waals surface area contributed by atoms with Crippen molar-refractivity contribution in [3.05, 3.63) is 59.7 Å². The van der Waals surface area contributed by atoms with Gasteiger partial charge >= 0.3 is 0 Å². The molecule has 2 atom stereocenters. The molecule has 0 aliphatic carbocycles. The van der Waals surface area contributed by atoms with Gasteiger partial charge in [0.05, 0.1) is 19.1 Å². The van der Waals surface area contributed by atoms with Crippen molar-refractivity contribution in [1.82, 2.24) is 10.6 Å².